The zero-order valence-corrected chi connectivity index (χ0v) is 7.11. The summed E-state index contributed by atoms with van der Waals surface area (Å²) in [7, 11) is 0. The van der Waals surface area contributed by atoms with Crippen molar-refractivity contribution < 1.29 is 37.5 Å². The molecule has 0 amide bonds. The second-order valence-corrected chi connectivity index (χ2v) is 1.11. The van der Waals surface area contributed by atoms with E-state index in [1.807, 2.05) is 0 Å². The molecule has 1 radical (unpaired) electrons. The minimum absolute atomic E-state index is 0. The fourth-order valence-corrected chi connectivity index (χ4v) is 0.101. The van der Waals surface area contributed by atoms with Crippen LogP contribution in [-0.4, -0.2) is 6.29 Å². The van der Waals surface area contributed by atoms with Crippen LogP contribution in [0.15, 0.2) is 11.6 Å². The molecular weight excluding hydrogens is 165 g/mol. The monoisotopic (exact) mass is 171 g/mol. The van der Waals surface area contributed by atoms with E-state index in [0.29, 0.717) is 0 Å². The first-order valence-corrected chi connectivity index (χ1v) is 1.64. The van der Waals surface area contributed by atoms with Gasteiger partial charge in [-0.25, -0.2) is 0 Å². The first kappa shape index (κ1) is 10.4. The van der Waals surface area contributed by atoms with Gasteiger partial charge in [0.1, 0.15) is 0 Å². The summed E-state index contributed by atoms with van der Waals surface area (Å²) in [5, 5.41) is 0. The Balaban J connectivity index is 0. The molecule has 7 heavy (non-hydrogen) atoms. The van der Waals surface area contributed by atoms with Crippen molar-refractivity contribution in [3.8, 4) is 0 Å². The third-order valence-corrected chi connectivity index (χ3v) is 0.305. The van der Waals surface area contributed by atoms with Gasteiger partial charge in [0, 0.05) is 32.7 Å². The van der Waals surface area contributed by atoms with Crippen LogP contribution in [0.1, 0.15) is 6.92 Å². The fraction of sp³-hybridized carbons (Fsp3) is 0.200. The molecule has 0 rings (SSSR count). The summed E-state index contributed by atoms with van der Waals surface area (Å²) in [6.07, 6.45) is 2.88. The van der Waals surface area contributed by atoms with E-state index in [2.05, 4.69) is 6.92 Å². The van der Waals surface area contributed by atoms with Crippen LogP contribution in [0.5, 0.6) is 0 Å². The van der Waals surface area contributed by atoms with Gasteiger partial charge >= 0.3 is 0 Å². The molecule has 0 aliphatic heterocycles. The summed E-state index contributed by atoms with van der Waals surface area (Å²) in [4.78, 5) is 9.37. The largest absolute Gasteiger partial charge is 0.440 e. The molecule has 0 aromatic heterocycles. The normalized spacial score (nSPS) is 9.57. The molecule has 0 aliphatic rings. The van der Waals surface area contributed by atoms with Crippen molar-refractivity contribution in [2.24, 2.45) is 0 Å². The molecular formula is C5H6OY-2. The minimum atomic E-state index is 0. The van der Waals surface area contributed by atoms with E-state index in [4.69, 9.17) is 0 Å². The van der Waals surface area contributed by atoms with Gasteiger partial charge in [-0.1, -0.05) is 0 Å². The van der Waals surface area contributed by atoms with Crippen molar-refractivity contribution in [3.63, 3.8) is 0 Å². The third-order valence-electron chi connectivity index (χ3n) is 0.305. The van der Waals surface area contributed by atoms with E-state index in [9.17, 15) is 4.79 Å². The maximum Gasteiger partial charge on any atom is 0 e. The predicted octanol–water partition coefficient (Wildman–Crippen LogP) is 0.874. The second kappa shape index (κ2) is 6.38. The van der Waals surface area contributed by atoms with Gasteiger partial charge in [-0.2, -0.15) is 0 Å². The summed E-state index contributed by atoms with van der Waals surface area (Å²) >= 11 is 0. The van der Waals surface area contributed by atoms with E-state index < -0.39 is 0 Å². The van der Waals surface area contributed by atoms with Gasteiger partial charge in [0.25, 0.3) is 0 Å². The summed E-state index contributed by atoms with van der Waals surface area (Å²) in [6, 6.07) is 0. The van der Waals surface area contributed by atoms with E-state index in [-0.39, 0.29) is 32.7 Å². The Morgan fingerprint density at radius 2 is 2.29 bits per heavy atom. The van der Waals surface area contributed by atoms with Gasteiger partial charge in [-0.05, 0) is 0 Å². The fourth-order valence-electron chi connectivity index (χ4n) is 0.101. The summed E-state index contributed by atoms with van der Waals surface area (Å²) in [5.74, 6) is 0. The average Bonchev–Trinajstić information content (AvgIpc) is 1.35. The van der Waals surface area contributed by atoms with Gasteiger partial charge < -0.3 is 23.4 Å². The molecule has 0 atom stereocenters. The maximum atomic E-state index is 9.37. The molecule has 0 fully saturated rings. The molecule has 0 aromatic rings. The zero-order chi connectivity index (χ0) is 4.99. The molecule has 2 heteroatoms. The van der Waals surface area contributed by atoms with Crippen LogP contribution in [0.25, 0.3) is 0 Å². The van der Waals surface area contributed by atoms with Gasteiger partial charge in [0.05, 0.1) is 0 Å². The van der Waals surface area contributed by atoms with Gasteiger partial charge in [0.15, 0.2) is 0 Å². The molecule has 0 aromatic carbocycles. The van der Waals surface area contributed by atoms with Crippen LogP contribution in [0, 0.1) is 6.92 Å². The summed E-state index contributed by atoms with van der Waals surface area (Å²) in [5.41, 5.74) is 0.741. The third kappa shape index (κ3) is 10.7. The molecule has 0 saturated carbocycles. The van der Waals surface area contributed by atoms with Crippen molar-refractivity contribution >= 4 is 6.29 Å². The van der Waals surface area contributed by atoms with Gasteiger partial charge in [-0.15, -0.1) is 13.2 Å². The molecule has 1 nitrogen and oxygen atoms in total. The molecule has 37 valence electrons. The van der Waals surface area contributed by atoms with Crippen molar-refractivity contribution in [1.29, 1.82) is 0 Å². The van der Waals surface area contributed by atoms with Crippen LogP contribution in [0.4, 0.5) is 0 Å². The second-order valence-electron chi connectivity index (χ2n) is 1.11. The van der Waals surface area contributed by atoms with Crippen molar-refractivity contribution in [1.82, 2.24) is 0 Å². The van der Waals surface area contributed by atoms with E-state index >= 15 is 0 Å². The Morgan fingerprint density at radius 3 is 2.29 bits per heavy atom. The van der Waals surface area contributed by atoms with Crippen LogP contribution in [0.2, 0.25) is 0 Å². The first-order valence-electron chi connectivity index (χ1n) is 1.64. The quantitative estimate of drug-likeness (QED) is 0.422. The Labute approximate surface area is 69.1 Å². The molecule has 0 spiro atoms. The van der Waals surface area contributed by atoms with E-state index in [1.54, 1.807) is 13.2 Å². The number of carbonyl (C=O) groups excluding carboxylic acids is 1. The number of rotatable bonds is 1. The van der Waals surface area contributed by atoms with Gasteiger partial charge in [0.2, 0.25) is 0 Å². The Kier molecular flexibility index (Phi) is 9.47. The SMILES string of the molecule is [CH2-]/C(C)=C\[C-]=O.[Y]. The molecule has 0 aliphatic carbocycles. The Hall–Kier alpha value is 0.384. The van der Waals surface area contributed by atoms with E-state index in [1.165, 1.54) is 6.08 Å². The Bertz CT molecular complexity index is 72.1. The summed E-state index contributed by atoms with van der Waals surface area (Å²) in [6.45, 7) is 5.17. The topological polar surface area (TPSA) is 17.1 Å². The minimum Gasteiger partial charge on any atom is -0.440 e. The smallest absolute Gasteiger partial charge is 0 e. The van der Waals surface area contributed by atoms with Crippen LogP contribution < -0.4 is 0 Å². The first-order chi connectivity index (χ1) is 2.77. The Morgan fingerprint density at radius 1 is 1.86 bits per heavy atom. The number of hydrogen-bond donors (Lipinski definition) is 0. The average molecular weight is 171 g/mol. The van der Waals surface area contributed by atoms with Gasteiger partial charge in [-0.3, -0.25) is 0 Å². The van der Waals surface area contributed by atoms with Crippen LogP contribution in [0.3, 0.4) is 0 Å². The van der Waals surface area contributed by atoms with Crippen molar-refractivity contribution in [2.75, 3.05) is 0 Å². The summed E-state index contributed by atoms with van der Waals surface area (Å²) < 4.78 is 0. The van der Waals surface area contributed by atoms with E-state index in [0.717, 1.165) is 5.57 Å². The van der Waals surface area contributed by atoms with Crippen molar-refractivity contribution in [2.45, 2.75) is 6.92 Å². The number of allylic oxidation sites excluding steroid dienone is 2. The molecule has 0 N–H and O–H groups in total. The van der Waals surface area contributed by atoms with Crippen LogP contribution in [-0.2, 0) is 37.5 Å². The van der Waals surface area contributed by atoms with Crippen molar-refractivity contribution in [3.05, 3.63) is 18.6 Å². The molecule has 0 unspecified atom stereocenters. The maximum absolute atomic E-state index is 9.37. The molecule has 0 heterocycles. The molecule has 0 saturated heterocycles. The molecule has 0 bridgehead atoms. The number of hydrogen-bond acceptors (Lipinski definition) is 1. The predicted molar refractivity (Wildman–Crippen MR) is 24.8 cm³/mol. The van der Waals surface area contributed by atoms with Crippen LogP contribution >= 0.6 is 0 Å². The standard InChI is InChI=1S/C5H6O.Y/c1-5(2)3-4-6;/h3H,1H2,2H3;/q-2;/b5-3+;. The zero-order valence-electron chi connectivity index (χ0n) is 4.27.